The fraction of sp³-hybridized carbons (Fsp3) is 0.0833. The van der Waals surface area contributed by atoms with Crippen LogP contribution in [0.2, 0.25) is 0 Å². The molecule has 8 heteroatoms. The average molecular weight is 403 g/mol. The molecule has 2 rings (SSSR count). The van der Waals surface area contributed by atoms with Gasteiger partial charge >= 0.3 is 5.97 Å². The predicted octanol–water partition coefficient (Wildman–Crippen LogP) is 2.90. The molecule has 104 valence electrons. The van der Waals surface area contributed by atoms with Crippen LogP contribution in [-0.2, 0) is 7.05 Å². The molecule has 0 saturated heterocycles. The largest absolute Gasteiger partial charge is 0.478 e. The highest BCUT2D eigenvalue weighted by atomic mass is 79.9. The van der Waals surface area contributed by atoms with Crippen LogP contribution in [-0.4, -0.2) is 26.5 Å². The van der Waals surface area contributed by atoms with Crippen LogP contribution in [0.4, 0.5) is 5.69 Å². The quantitative estimate of drug-likeness (QED) is 0.826. The Morgan fingerprint density at radius 3 is 2.60 bits per heavy atom. The minimum absolute atomic E-state index is 0.0123. The van der Waals surface area contributed by atoms with Gasteiger partial charge in [-0.3, -0.25) is 4.79 Å². The van der Waals surface area contributed by atoms with Gasteiger partial charge in [-0.25, -0.2) is 9.78 Å². The van der Waals surface area contributed by atoms with E-state index < -0.39 is 11.9 Å². The van der Waals surface area contributed by atoms with Crippen LogP contribution in [0.15, 0.2) is 33.6 Å². The molecule has 0 spiro atoms. The van der Waals surface area contributed by atoms with Crippen molar-refractivity contribution >= 4 is 49.4 Å². The van der Waals surface area contributed by atoms with Gasteiger partial charge in [0.1, 0.15) is 5.69 Å². The Bertz CT molecular complexity index is 697. The molecule has 1 amide bonds. The first kappa shape index (κ1) is 14.7. The number of rotatable bonds is 3. The third kappa shape index (κ3) is 2.91. The number of anilines is 1. The number of benzene rings is 1. The van der Waals surface area contributed by atoms with Gasteiger partial charge < -0.3 is 15.0 Å². The predicted molar refractivity (Wildman–Crippen MR) is 80.0 cm³/mol. The Kier molecular flexibility index (Phi) is 4.24. The highest BCUT2D eigenvalue weighted by molar-refractivity contribution is 9.11. The summed E-state index contributed by atoms with van der Waals surface area (Å²) >= 11 is 6.46. The maximum atomic E-state index is 12.1. The molecule has 20 heavy (non-hydrogen) atoms. The van der Waals surface area contributed by atoms with E-state index >= 15 is 0 Å². The zero-order valence-electron chi connectivity index (χ0n) is 10.2. The van der Waals surface area contributed by atoms with Crippen LogP contribution in [0.25, 0.3) is 0 Å². The van der Waals surface area contributed by atoms with E-state index in [0.717, 1.165) is 0 Å². The molecule has 0 bridgehead atoms. The van der Waals surface area contributed by atoms with Crippen LogP contribution >= 0.6 is 31.9 Å². The van der Waals surface area contributed by atoms with Crippen LogP contribution in [0.1, 0.15) is 20.8 Å². The van der Waals surface area contributed by atoms with Crippen molar-refractivity contribution in [2.45, 2.75) is 0 Å². The third-order valence-electron chi connectivity index (χ3n) is 2.57. The lowest BCUT2D eigenvalue weighted by molar-refractivity contribution is 0.0698. The first-order chi connectivity index (χ1) is 9.40. The summed E-state index contributed by atoms with van der Waals surface area (Å²) in [6, 6.07) is 3.08. The van der Waals surface area contributed by atoms with E-state index in [-0.39, 0.29) is 11.3 Å². The van der Waals surface area contributed by atoms with Crippen molar-refractivity contribution in [1.82, 2.24) is 9.55 Å². The fourth-order valence-corrected chi connectivity index (χ4v) is 2.95. The molecule has 0 aliphatic carbocycles. The standard InChI is InChI=1S/C12H9Br2N3O3/c1-17-5-15-4-9(17)11(18)16-10-7(12(19)20)2-6(13)3-8(10)14/h2-5H,1H3,(H,16,18)(H,19,20). The zero-order valence-corrected chi connectivity index (χ0v) is 13.4. The molecule has 2 aromatic rings. The summed E-state index contributed by atoms with van der Waals surface area (Å²) < 4.78 is 2.61. The summed E-state index contributed by atoms with van der Waals surface area (Å²) in [5.41, 5.74) is 0.518. The number of nitrogens with zero attached hydrogens (tertiary/aromatic N) is 2. The summed E-state index contributed by atoms with van der Waals surface area (Å²) in [4.78, 5) is 27.2. The first-order valence-corrected chi connectivity index (χ1v) is 6.98. The lowest BCUT2D eigenvalue weighted by Crippen LogP contribution is -2.18. The lowest BCUT2D eigenvalue weighted by Gasteiger charge is -2.11. The second kappa shape index (κ2) is 5.76. The Hall–Kier alpha value is -1.67. The number of amides is 1. The number of hydrogen-bond donors (Lipinski definition) is 2. The van der Waals surface area contributed by atoms with Crippen molar-refractivity contribution in [2.24, 2.45) is 7.05 Å². The van der Waals surface area contributed by atoms with E-state index in [2.05, 4.69) is 42.2 Å². The number of halogens is 2. The second-order valence-electron chi connectivity index (χ2n) is 3.96. The Morgan fingerprint density at radius 1 is 1.35 bits per heavy atom. The summed E-state index contributed by atoms with van der Waals surface area (Å²) in [6.07, 6.45) is 2.90. The topological polar surface area (TPSA) is 84.2 Å². The molecule has 0 aliphatic rings. The number of carbonyl (C=O) groups excluding carboxylic acids is 1. The first-order valence-electron chi connectivity index (χ1n) is 5.40. The van der Waals surface area contributed by atoms with Crippen LogP contribution in [0.3, 0.4) is 0 Å². The fourth-order valence-electron chi connectivity index (χ4n) is 1.62. The number of carboxylic acids is 1. The Morgan fingerprint density at radius 2 is 2.05 bits per heavy atom. The number of hydrogen-bond acceptors (Lipinski definition) is 3. The number of imidazole rings is 1. The van der Waals surface area contributed by atoms with Gasteiger partial charge in [0.2, 0.25) is 0 Å². The van der Waals surface area contributed by atoms with Crippen LogP contribution in [0, 0.1) is 0 Å². The molecule has 0 aliphatic heterocycles. The van der Waals surface area contributed by atoms with Gasteiger partial charge in [-0.15, -0.1) is 0 Å². The van der Waals surface area contributed by atoms with Gasteiger partial charge in [-0.1, -0.05) is 15.9 Å². The number of nitrogens with one attached hydrogen (secondary N) is 1. The number of aromatic nitrogens is 2. The summed E-state index contributed by atoms with van der Waals surface area (Å²) in [5.74, 6) is -1.57. The van der Waals surface area contributed by atoms with E-state index in [9.17, 15) is 14.7 Å². The van der Waals surface area contributed by atoms with E-state index in [1.165, 1.54) is 18.6 Å². The molecule has 2 N–H and O–H groups in total. The van der Waals surface area contributed by atoms with Crippen molar-refractivity contribution in [3.8, 4) is 0 Å². The van der Waals surface area contributed by atoms with Crippen molar-refractivity contribution in [3.63, 3.8) is 0 Å². The van der Waals surface area contributed by atoms with Crippen LogP contribution < -0.4 is 5.32 Å². The minimum Gasteiger partial charge on any atom is -0.478 e. The lowest BCUT2D eigenvalue weighted by atomic mass is 10.1. The van der Waals surface area contributed by atoms with Gasteiger partial charge in [0.05, 0.1) is 23.8 Å². The summed E-state index contributed by atoms with van der Waals surface area (Å²) in [6.45, 7) is 0. The molecule has 0 fully saturated rings. The molecular formula is C12H9Br2N3O3. The SMILES string of the molecule is Cn1cncc1C(=O)Nc1c(Br)cc(Br)cc1C(=O)O. The number of aromatic carboxylic acids is 1. The molecular weight excluding hydrogens is 394 g/mol. The maximum Gasteiger partial charge on any atom is 0.337 e. The van der Waals surface area contributed by atoms with Crippen molar-refractivity contribution in [2.75, 3.05) is 5.32 Å². The Labute approximate surface area is 131 Å². The molecule has 6 nitrogen and oxygen atoms in total. The van der Waals surface area contributed by atoms with Gasteiger partial charge in [-0.2, -0.15) is 0 Å². The second-order valence-corrected chi connectivity index (χ2v) is 5.73. The highest BCUT2D eigenvalue weighted by Gasteiger charge is 2.18. The normalized spacial score (nSPS) is 10.3. The maximum absolute atomic E-state index is 12.1. The molecule has 0 saturated carbocycles. The molecule has 0 unspecified atom stereocenters. The highest BCUT2D eigenvalue weighted by Crippen LogP contribution is 2.31. The summed E-state index contributed by atoms with van der Waals surface area (Å²) in [7, 11) is 1.68. The zero-order chi connectivity index (χ0) is 14.9. The van der Waals surface area contributed by atoms with Gasteiger partial charge in [0.25, 0.3) is 5.91 Å². The molecule has 1 aromatic heterocycles. The van der Waals surface area contributed by atoms with Crippen LogP contribution in [0.5, 0.6) is 0 Å². The molecule has 0 atom stereocenters. The van der Waals surface area contributed by atoms with Gasteiger partial charge in [0, 0.05) is 16.0 Å². The summed E-state index contributed by atoms with van der Waals surface area (Å²) in [5, 5.41) is 11.8. The Balaban J connectivity index is 2.41. The van der Waals surface area contributed by atoms with Gasteiger partial charge in [-0.05, 0) is 28.1 Å². The molecule has 0 radical (unpaired) electrons. The monoisotopic (exact) mass is 401 g/mol. The smallest absolute Gasteiger partial charge is 0.337 e. The van der Waals surface area contributed by atoms with E-state index in [4.69, 9.17) is 0 Å². The van der Waals surface area contributed by atoms with Gasteiger partial charge in [0.15, 0.2) is 0 Å². The van der Waals surface area contributed by atoms with Crippen molar-refractivity contribution in [1.29, 1.82) is 0 Å². The minimum atomic E-state index is -1.13. The number of aryl methyl sites for hydroxylation is 1. The molecule has 1 aromatic carbocycles. The third-order valence-corrected chi connectivity index (χ3v) is 3.66. The number of carbonyl (C=O) groups is 2. The van der Waals surface area contributed by atoms with E-state index in [0.29, 0.717) is 14.6 Å². The van der Waals surface area contributed by atoms with E-state index in [1.807, 2.05) is 0 Å². The van der Waals surface area contributed by atoms with E-state index in [1.54, 1.807) is 17.7 Å². The number of carboxylic acid groups (broad SMARTS) is 1. The average Bonchev–Trinajstić information content (AvgIpc) is 2.78. The van der Waals surface area contributed by atoms with Crippen molar-refractivity contribution < 1.29 is 14.7 Å². The van der Waals surface area contributed by atoms with Crippen molar-refractivity contribution in [3.05, 3.63) is 44.9 Å². The molecule has 1 heterocycles.